The van der Waals surface area contributed by atoms with E-state index in [0.29, 0.717) is 12.3 Å². The predicted octanol–water partition coefficient (Wildman–Crippen LogP) is 3.76. The first-order valence-electron chi connectivity index (χ1n) is 9.84. The first-order chi connectivity index (χ1) is 13.8. The monoisotopic (exact) mass is 400 g/mol. The summed E-state index contributed by atoms with van der Waals surface area (Å²) in [6.45, 7) is 8.11. The summed E-state index contributed by atoms with van der Waals surface area (Å²) in [5.74, 6) is -0.245. The summed E-state index contributed by atoms with van der Waals surface area (Å²) in [4.78, 5) is 26.9. The van der Waals surface area contributed by atoms with Gasteiger partial charge < -0.3 is 15.0 Å². The Morgan fingerprint density at radius 1 is 1.14 bits per heavy atom. The Hall–Kier alpha value is -2.89. The number of nitrogens with zero attached hydrogens (tertiary/aromatic N) is 1. The SMILES string of the molecule is CCCNC(=O)[C@@H](C)N(Cc1ccc(F)cc1)C(=O)COc1cccc(C)c1C. The van der Waals surface area contributed by atoms with Crippen molar-refractivity contribution >= 4 is 11.8 Å². The second kappa shape index (κ2) is 10.6. The molecule has 2 aromatic rings. The lowest BCUT2D eigenvalue weighted by atomic mass is 10.1. The van der Waals surface area contributed by atoms with Crippen LogP contribution in [0.5, 0.6) is 5.75 Å². The second-order valence-corrected chi connectivity index (χ2v) is 7.10. The lowest BCUT2D eigenvalue weighted by molar-refractivity contribution is -0.142. The second-order valence-electron chi connectivity index (χ2n) is 7.10. The lowest BCUT2D eigenvalue weighted by Gasteiger charge is -2.29. The molecule has 1 atom stereocenters. The molecule has 0 aromatic heterocycles. The molecule has 0 bridgehead atoms. The van der Waals surface area contributed by atoms with Crippen LogP contribution in [0.4, 0.5) is 4.39 Å². The van der Waals surface area contributed by atoms with Crippen LogP contribution in [0.15, 0.2) is 42.5 Å². The van der Waals surface area contributed by atoms with Gasteiger partial charge in [-0.1, -0.05) is 31.2 Å². The Kier molecular flexibility index (Phi) is 8.19. The van der Waals surface area contributed by atoms with Crippen LogP contribution in [0.3, 0.4) is 0 Å². The Balaban J connectivity index is 2.15. The maximum absolute atomic E-state index is 13.2. The third-order valence-corrected chi connectivity index (χ3v) is 4.89. The lowest BCUT2D eigenvalue weighted by Crippen LogP contribution is -2.49. The Labute approximate surface area is 171 Å². The Morgan fingerprint density at radius 2 is 1.83 bits per heavy atom. The van der Waals surface area contributed by atoms with Crippen LogP contribution in [0.1, 0.15) is 37.0 Å². The van der Waals surface area contributed by atoms with Gasteiger partial charge in [-0.25, -0.2) is 4.39 Å². The summed E-state index contributed by atoms with van der Waals surface area (Å²) in [5, 5.41) is 2.82. The highest BCUT2D eigenvalue weighted by molar-refractivity contribution is 5.87. The zero-order chi connectivity index (χ0) is 21.4. The van der Waals surface area contributed by atoms with Crippen LogP contribution in [0, 0.1) is 19.7 Å². The summed E-state index contributed by atoms with van der Waals surface area (Å²) in [5.41, 5.74) is 2.78. The number of nitrogens with one attached hydrogen (secondary N) is 1. The van der Waals surface area contributed by atoms with E-state index in [4.69, 9.17) is 4.74 Å². The molecule has 2 rings (SSSR count). The van der Waals surface area contributed by atoms with Gasteiger partial charge in [-0.05, 0) is 62.1 Å². The van der Waals surface area contributed by atoms with Crippen LogP contribution in [-0.4, -0.2) is 35.9 Å². The minimum absolute atomic E-state index is 0.184. The van der Waals surface area contributed by atoms with Crippen molar-refractivity contribution < 1.29 is 18.7 Å². The molecular weight excluding hydrogens is 371 g/mol. The van der Waals surface area contributed by atoms with Crippen LogP contribution < -0.4 is 10.1 Å². The van der Waals surface area contributed by atoms with E-state index in [2.05, 4.69) is 5.32 Å². The number of aryl methyl sites for hydroxylation is 1. The minimum Gasteiger partial charge on any atom is -0.483 e. The number of ether oxygens (including phenoxy) is 1. The fraction of sp³-hybridized carbons (Fsp3) is 0.391. The molecule has 156 valence electrons. The molecule has 5 nitrogen and oxygen atoms in total. The van der Waals surface area contributed by atoms with E-state index in [9.17, 15) is 14.0 Å². The molecule has 0 spiro atoms. The number of rotatable bonds is 9. The Morgan fingerprint density at radius 3 is 2.48 bits per heavy atom. The van der Waals surface area contributed by atoms with Crippen molar-refractivity contribution in [1.82, 2.24) is 10.2 Å². The molecule has 1 N–H and O–H groups in total. The summed E-state index contributed by atoms with van der Waals surface area (Å²) in [6, 6.07) is 10.9. The first-order valence-corrected chi connectivity index (χ1v) is 9.84. The predicted molar refractivity (Wildman–Crippen MR) is 111 cm³/mol. The molecule has 0 unspecified atom stereocenters. The average molecular weight is 400 g/mol. The molecular formula is C23H29FN2O3. The van der Waals surface area contributed by atoms with Gasteiger partial charge in [-0.2, -0.15) is 0 Å². The van der Waals surface area contributed by atoms with E-state index in [1.807, 2.05) is 39.0 Å². The molecule has 0 saturated heterocycles. The van der Waals surface area contributed by atoms with E-state index < -0.39 is 6.04 Å². The van der Waals surface area contributed by atoms with E-state index in [0.717, 1.165) is 23.1 Å². The third-order valence-electron chi connectivity index (χ3n) is 4.89. The number of hydrogen-bond acceptors (Lipinski definition) is 3. The molecule has 0 saturated carbocycles. The zero-order valence-corrected chi connectivity index (χ0v) is 17.5. The highest BCUT2D eigenvalue weighted by atomic mass is 19.1. The van der Waals surface area contributed by atoms with Crippen molar-refractivity contribution in [3.8, 4) is 5.75 Å². The third kappa shape index (κ3) is 6.31. The maximum Gasteiger partial charge on any atom is 0.261 e. The number of amides is 2. The van der Waals surface area contributed by atoms with Gasteiger partial charge in [0, 0.05) is 13.1 Å². The molecule has 6 heteroatoms. The van der Waals surface area contributed by atoms with E-state index in [1.54, 1.807) is 19.1 Å². The van der Waals surface area contributed by atoms with Gasteiger partial charge in [0.25, 0.3) is 5.91 Å². The normalized spacial score (nSPS) is 11.6. The van der Waals surface area contributed by atoms with E-state index >= 15 is 0 Å². The smallest absolute Gasteiger partial charge is 0.261 e. The van der Waals surface area contributed by atoms with E-state index in [-0.39, 0.29) is 30.8 Å². The molecule has 0 radical (unpaired) electrons. The van der Waals surface area contributed by atoms with Crippen LogP contribution >= 0.6 is 0 Å². The molecule has 0 aliphatic carbocycles. The molecule has 2 amide bonds. The molecule has 29 heavy (non-hydrogen) atoms. The van der Waals surface area contributed by atoms with Crippen molar-refractivity contribution in [2.24, 2.45) is 0 Å². The summed E-state index contributed by atoms with van der Waals surface area (Å²) < 4.78 is 19.0. The summed E-state index contributed by atoms with van der Waals surface area (Å²) in [6.07, 6.45) is 0.806. The molecule has 0 aliphatic heterocycles. The largest absolute Gasteiger partial charge is 0.483 e. The number of hydrogen-bond donors (Lipinski definition) is 1. The molecule has 0 aliphatic rings. The van der Waals surface area contributed by atoms with Crippen molar-refractivity contribution in [2.45, 2.75) is 46.7 Å². The minimum atomic E-state index is -0.679. The van der Waals surface area contributed by atoms with Crippen molar-refractivity contribution in [2.75, 3.05) is 13.2 Å². The van der Waals surface area contributed by atoms with Crippen LogP contribution in [0.2, 0.25) is 0 Å². The van der Waals surface area contributed by atoms with Crippen molar-refractivity contribution in [3.05, 3.63) is 65.0 Å². The quantitative estimate of drug-likeness (QED) is 0.697. The van der Waals surface area contributed by atoms with E-state index in [1.165, 1.54) is 17.0 Å². The van der Waals surface area contributed by atoms with Gasteiger partial charge in [0.15, 0.2) is 6.61 Å². The topological polar surface area (TPSA) is 58.6 Å². The first kappa shape index (κ1) is 22.4. The van der Waals surface area contributed by atoms with Gasteiger partial charge in [0.2, 0.25) is 5.91 Å². The standard InChI is InChI=1S/C23H29FN2O3/c1-5-13-25-23(28)18(4)26(14-19-9-11-20(24)12-10-19)22(27)15-29-21-8-6-7-16(2)17(21)3/h6-12,18H,5,13-15H2,1-4H3,(H,25,28)/t18-/m1/s1. The zero-order valence-electron chi connectivity index (χ0n) is 17.5. The number of benzene rings is 2. The molecule has 0 fully saturated rings. The molecule has 2 aromatic carbocycles. The fourth-order valence-corrected chi connectivity index (χ4v) is 2.87. The summed E-state index contributed by atoms with van der Waals surface area (Å²) >= 11 is 0. The van der Waals surface area contributed by atoms with Gasteiger partial charge in [-0.3, -0.25) is 9.59 Å². The van der Waals surface area contributed by atoms with Crippen molar-refractivity contribution in [3.63, 3.8) is 0 Å². The van der Waals surface area contributed by atoms with Gasteiger partial charge in [-0.15, -0.1) is 0 Å². The van der Waals surface area contributed by atoms with Gasteiger partial charge >= 0.3 is 0 Å². The number of halogens is 1. The van der Waals surface area contributed by atoms with Gasteiger partial charge in [0.05, 0.1) is 0 Å². The number of carbonyl (C=O) groups excluding carboxylic acids is 2. The summed E-state index contributed by atoms with van der Waals surface area (Å²) in [7, 11) is 0. The van der Waals surface area contributed by atoms with Crippen LogP contribution in [-0.2, 0) is 16.1 Å². The van der Waals surface area contributed by atoms with Crippen LogP contribution in [0.25, 0.3) is 0 Å². The fourth-order valence-electron chi connectivity index (χ4n) is 2.87. The highest BCUT2D eigenvalue weighted by Crippen LogP contribution is 2.21. The maximum atomic E-state index is 13.2. The van der Waals surface area contributed by atoms with Crippen molar-refractivity contribution in [1.29, 1.82) is 0 Å². The Bertz CT molecular complexity index is 837. The van der Waals surface area contributed by atoms with Gasteiger partial charge in [0.1, 0.15) is 17.6 Å². The number of carbonyl (C=O) groups is 2. The highest BCUT2D eigenvalue weighted by Gasteiger charge is 2.26. The molecule has 0 heterocycles. The average Bonchev–Trinajstić information content (AvgIpc) is 2.71.